The molecule has 3 heteroatoms. The average Bonchev–Trinajstić information content (AvgIpc) is 3.22. The van der Waals surface area contributed by atoms with E-state index in [1.54, 1.807) is 11.8 Å². The Balaban J connectivity index is 1.80. The molecule has 1 nitrogen and oxygen atoms in total. The van der Waals surface area contributed by atoms with Crippen LogP contribution in [-0.4, -0.2) is 6.04 Å². The monoisotopic (exact) mass is 303 g/mol. The van der Waals surface area contributed by atoms with Gasteiger partial charge in [0.15, 0.2) is 0 Å². The van der Waals surface area contributed by atoms with Crippen molar-refractivity contribution in [1.82, 2.24) is 5.32 Å². The van der Waals surface area contributed by atoms with Gasteiger partial charge >= 0.3 is 0 Å². The highest BCUT2D eigenvalue weighted by molar-refractivity contribution is 7.99. The van der Waals surface area contributed by atoms with Gasteiger partial charge in [-0.2, -0.15) is 0 Å². The molecule has 1 fully saturated rings. The third-order valence-electron chi connectivity index (χ3n) is 3.41. The van der Waals surface area contributed by atoms with Crippen LogP contribution in [0.15, 0.2) is 52.3 Å². The van der Waals surface area contributed by atoms with Gasteiger partial charge in [0.25, 0.3) is 0 Å². The first-order valence-corrected chi connectivity index (χ1v) is 8.16. The van der Waals surface area contributed by atoms with Gasteiger partial charge in [0, 0.05) is 27.4 Å². The van der Waals surface area contributed by atoms with Crippen molar-refractivity contribution in [3.8, 4) is 0 Å². The average molecular weight is 304 g/mol. The van der Waals surface area contributed by atoms with Crippen LogP contribution in [0, 0.1) is 6.92 Å². The second kappa shape index (κ2) is 6.21. The Morgan fingerprint density at radius 3 is 2.80 bits per heavy atom. The first kappa shape index (κ1) is 14.0. The van der Waals surface area contributed by atoms with E-state index in [1.807, 2.05) is 6.07 Å². The van der Waals surface area contributed by atoms with E-state index >= 15 is 0 Å². The van der Waals surface area contributed by atoms with Crippen LogP contribution in [0.3, 0.4) is 0 Å². The summed E-state index contributed by atoms with van der Waals surface area (Å²) >= 11 is 7.95. The van der Waals surface area contributed by atoms with E-state index < -0.39 is 0 Å². The summed E-state index contributed by atoms with van der Waals surface area (Å²) in [4.78, 5) is 2.51. The highest BCUT2D eigenvalue weighted by Gasteiger charge is 2.20. The molecule has 0 amide bonds. The van der Waals surface area contributed by atoms with Gasteiger partial charge in [-0.25, -0.2) is 0 Å². The predicted octanol–water partition coefficient (Wildman–Crippen LogP) is 5.05. The van der Waals surface area contributed by atoms with Crippen molar-refractivity contribution >= 4 is 23.4 Å². The Bertz CT molecular complexity index is 608. The fourth-order valence-corrected chi connectivity index (χ4v) is 3.46. The number of aryl methyl sites for hydroxylation is 1. The summed E-state index contributed by atoms with van der Waals surface area (Å²) in [5.74, 6) is 0. The molecule has 2 aromatic carbocycles. The third-order valence-corrected chi connectivity index (χ3v) is 4.73. The maximum Gasteiger partial charge on any atom is 0.0417 e. The van der Waals surface area contributed by atoms with Gasteiger partial charge in [-0.3, -0.25) is 0 Å². The van der Waals surface area contributed by atoms with Gasteiger partial charge < -0.3 is 5.32 Å². The maximum absolute atomic E-state index is 6.16. The lowest BCUT2D eigenvalue weighted by Gasteiger charge is -2.11. The quantitative estimate of drug-likeness (QED) is 0.829. The van der Waals surface area contributed by atoms with Crippen LogP contribution in [0.4, 0.5) is 0 Å². The molecule has 1 saturated carbocycles. The summed E-state index contributed by atoms with van der Waals surface area (Å²) in [5, 5.41) is 4.37. The van der Waals surface area contributed by atoms with Crippen LogP contribution in [-0.2, 0) is 6.54 Å². The normalized spacial score (nSPS) is 14.5. The lowest BCUT2D eigenvalue weighted by molar-refractivity contribution is 0.680. The van der Waals surface area contributed by atoms with Crippen molar-refractivity contribution < 1.29 is 0 Å². The van der Waals surface area contributed by atoms with Crippen LogP contribution in [0.25, 0.3) is 0 Å². The Hall–Kier alpha value is -0.960. The molecule has 0 spiro atoms. The van der Waals surface area contributed by atoms with E-state index in [4.69, 9.17) is 11.6 Å². The van der Waals surface area contributed by atoms with Crippen LogP contribution in [0.2, 0.25) is 5.02 Å². The molecule has 0 aliphatic heterocycles. The zero-order chi connectivity index (χ0) is 13.9. The first-order chi connectivity index (χ1) is 9.70. The van der Waals surface area contributed by atoms with E-state index in [-0.39, 0.29) is 0 Å². The summed E-state index contributed by atoms with van der Waals surface area (Å²) in [6, 6.07) is 15.5. The Morgan fingerprint density at radius 1 is 1.20 bits per heavy atom. The highest BCUT2D eigenvalue weighted by Crippen LogP contribution is 2.33. The molecule has 0 saturated heterocycles. The molecule has 0 aromatic heterocycles. The topological polar surface area (TPSA) is 12.0 Å². The Kier molecular flexibility index (Phi) is 4.35. The zero-order valence-corrected chi connectivity index (χ0v) is 13.1. The molecule has 104 valence electrons. The van der Waals surface area contributed by atoms with Gasteiger partial charge in [0.05, 0.1) is 0 Å². The fraction of sp³-hybridized carbons (Fsp3) is 0.294. The number of halogens is 1. The van der Waals surface area contributed by atoms with Crippen molar-refractivity contribution in [2.24, 2.45) is 0 Å². The van der Waals surface area contributed by atoms with Gasteiger partial charge in [-0.15, -0.1) is 0 Å². The second-order valence-electron chi connectivity index (χ2n) is 5.33. The summed E-state index contributed by atoms with van der Waals surface area (Å²) in [5.41, 5.74) is 2.61. The molecule has 1 N–H and O–H groups in total. The number of hydrogen-bond donors (Lipinski definition) is 1. The van der Waals surface area contributed by atoms with Crippen LogP contribution in [0.1, 0.15) is 24.0 Å². The molecule has 2 aromatic rings. The van der Waals surface area contributed by atoms with E-state index in [0.29, 0.717) is 0 Å². The van der Waals surface area contributed by atoms with E-state index in [0.717, 1.165) is 17.6 Å². The molecule has 1 aliphatic carbocycles. The minimum absolute atomic E-state index is 0.725. The van der Waals surface area contributed by atoms with E-state index in [2.05, 4.69) is 48.6 Å². The first-order valence-electron chi connectivity index (χ1n) is 6.97. The number of hydrogen-bond acceptors (Lipinski definition) is 2. The molecule has 3 rings (SSSR count). The lowest BCUT2D eigenvalue weighted by atomic mass is 10.2. The minimum Gasteiger partial charge on any atom is -0.310 e. The molecule has 0 unspecified atom stereocenters. The molecule has 0 heterocycles. The van der Waals surface area contributed by atoms with Crippen LogP contribution in [0.5, 0.6) is 0 Å². The van der Waals surface area contributed by atoms with Crippen molar-refractivity contribution in [2.45, 2.75) is 42.1 Å². The van der Waals surface area contributed by atoms with Gasteiger partial charge in [-0.1, -0.05) is 47.1 Å². The molecule has 0 bridgehead atoms. The summed E-state index contributed by atoms with van der Waals surface area (Å²) in [6.45, 7) is 3.05. The third kappa shape index (κ3) is 3.78. The van der Waals surface area contributed by atoms with Crippen LogP contribution < -0.4 is 5.32 Å². The summed E-state index contributed by atoms with van der Waals surface area (Å²) < 4.78 is 0. The fourth-order valence-electron chi connectivity index (χ4n) is 2.12. The van der Waals surface area contributed by atoms with Gasteiger partial charge in [-0.05, 0) is 49.6 Å². The predicted molar refractivity (Wildman–Crippen MR) is 86.6 cm³/mol. The van der Waals surface area contributed by atoms with Gasteiger partial charge in [0.2, 0.25) is 0 Å². The van der Waals surface area contributed by atoms with Crippen molar-refractivity contribution in [3.63, 3.8) is 0 Å². The lowest BCUT2D eigenvalue weighted by Crippen LogP contribution is -2.15. The Morgan fingerprint density at radius 2 is 2.05 bits per heavy atom. The molecule has 1 aliphatic rings. The second-order valence-corrected chi connectivity index (χ2v) is 6.88. The molecule has 20 heavy (non-hydrogen) atoms. The standard InChI is InChI=1S/C17H18ClNS/c1-12-3-2-4-16(9-12)20-17-10-14(18)6-5-13(17)11-19-15-7-8-15/h2-6,9-10,15,19H,7-8,11H2,1H3. The van der Waals surface area contributed by atoms with Gasteiger partial charge in [0.1, 0.15) is 0 Å². The van der Waals surface area contributed by atoms with E-state index in [9.17, 15) is 0 Å². The SMILES string of the molecule is Cc1cccc(Sc2cc(Cl)ccc2CNC2CC2)c1. The molecule has 0 atom stereocenters. The minimum atomic E-state index is 0.725. The smallest absolute Gasteiger partial charge is 0.0417 e. The van der Waals surface area contributed by atoms with Crippen molar-refractivity contribution in [2.75, 3.05) is 0 Å². The van der Waals surface area contributed by atoms with E-state index in [1.165, 1.54) is 33.8 Å². The highest BCUT2D eigenvalue weighted by atomic mass is 35.5. The zero-order valence-electron chi connectivity index (χ0n) is 11.5. The maximum atomic E-state index is 6.16. The largest absolute Gasteiger partial charge is 0.310 e. The van der Waals surface area contributed by atoms with Crippen molar-refractivity contribution in [3.05, 3.63) is 58.6 Å². The van der Waals surface area contributed by atoms with Crippen molar-refractivity contribution in [1.29, 1.82) is 0 Å². The molecular weight excluding hydrogens is 286 g/mol. The summed E-state index contributed by atoms with van der Waals surface area (Å²) in [6.07, 6.45) is 2.63. The Labute approximate surface area is 129 Å². The number of benzene rings is 2. The molecular formula is C17H18ClNS. The number of nitrogens with one attached hydrogen (secondary N) is 1. The summed E-state index contributed by atoms with van der Waals surface area (Å²) in [7, 11) is 0. The molecule has 0 radical (unpaired) electrons. The van der Waals surface area contributed by atoms with Crippen LogP contribution >= 0.6 is 23.4 Å². The number of rotatable bonds is 5.